The summed E-state index contributed by atoms with van der Waals surface area (Å²) < 4.78 is 26.8. The molecule has 0 bridgehead atoms. The number of anilines is 1. The van der Waals surface area contributed by atoms with E-state index >= 15 is 0 Å². The number of piperidine rings is 1. The molecule has 24 heavy (non-hydrogen) atoms. The molecule has 0 radical (unpaired) electrons. The van der Waals surface area contributed by atoms with E-state index in [-0.39, 0.29) is 22.8 Å². The van der Waals surface area contributed by atoms with Crippen molar-refractivity contribution in [3.63, 3.8) is 0 Å². The fraction of sp³-hybridized carbons (Fsp3) is 0.600. The van der Waals surface area contributed by atoms with Crippen LogP contribution < -0.4 is 5.32 Å². The number of rotatable bonds is 6. The lowest BCUT2D eigenvalue weighted by Crippen LogP contribution is -2.37. The van der Waals surface area contributed by atoms with Gasteiger partial charge < -0.3 is 10.4 Å². The summed E-state index contributed by atoms with van der Waals surface area (Å²) in [4.78, 5) is 10.6. The van der Waals surface area contributed by atoms with E-state index in [1.807, 2.05) is 0 Å². The number of nitro groups is 1. The SMILES string of the molecule is CC1CCN(S(=O)(=O)c2ccc(NC[C@H](C)O)c([N+](=O)[O-])c2)CC1. The molecule has 0 unspecified atom stereocenters. The Balaban J connectivity index is 2.30. The van der Waals surface area contributed by atoms with Crippen LogP contribution >= 0.6 is 0 Å². The predicted octanol–water partition coefficient (Wildman–Crippen LogP) is 1.81. The van der Waals surface area contributed by atoms with Crippen molar-refractivity contribution < 1.29 is 18.4 Å². The number of hydrogen-bond donors (Lipinski definition) is 2. The number of nitrogens with one attached hydrogen (secondary N) is 1. The molecule has 0 aliphatic carbocycles. The van der Waals surface area contributed by atoms with Crippen molar-refractivity contribution in [2.75, 3.05) is 25.0 Å². The molecular weight excluding hydrogens is 334 g/mol. The lowest BCUT2D eigenvalue weighted by Gasteiger charge is -2.29. The van der Waals surface area contributed by atoms with Gasteiger partial charge in [-0.05, 0) is 37.8 Å². The molecule has 134 valence electrons. The van der Waals surface area contributed by atoms with E-state index in [2.05, 4.69) is 12.2 Å². The minimum atomic E-state index is -3.74. The number of aliphatic hydroxyl groups excluding tert-OH is 1. The first-order valence-corrected chi connectivity index (χ1v) is 9.36. The van der Waals surface area contributed by atoms with Gasteiger partial charge in [-0.1, -0.05) is 6.92 Å². The summed E-state index contributed by atoms with van der Waals surface area (Å²) in [6.45, 7) is 4.63. The Morgan fingerprint density at radius 3 is 2.58 bits per heavy atom. The van der Waals surface area contributed by atoms with Crippen molar-refractivity contribution in [1.82, 2.24) is 4.31 Å². The number of hydrogen-bond acceptors (Lipinski definition) is 6. The summed E-state index contributed by atoms with van der Waals surface area (Å²) in [6, 6.07) is 3.82. The Morgan fingerprint density at radius 1 is 1.42 bits per heavy atom. The Kier molecular flexibility index (Phi) is 5.79. The molecule has 0 amide bonds. The van der Waals surface area contributed by atoms with Crippen molar-refractivity contribution >= 4 is 21.4 Å². The normalized spacial score (nSPS) is 18.3. The quantitative estimate of drug-likeness (QED) is 0.593. The van der Waals surface area contributed by atoms with Crippen LogP contribution in [0.4, 0.5) is 11.4 Å². The molecule has 1 aliphatic rings. The predicted molar refractivity (Wildman–Crippen MR) is 90.4 cm³/mol. The molecule has 9 heteroatoms. The minimum Gasteiger partial charge on any atom is -0.392 e. The van der Waals surface area contributed by atoms with Crippen LogP contribution in [0, 0.1) is 16.0 Å². The molecule has 1 heterocycles. The van der Waals surface area contributed by atoms with Crippen LogP contribution in [0.3, 0.4) is 0 Å². The molecule has 1 saturated heterocycles. The van der Waals surface area contributed by atoms with Crippen LogP contribution in [0.1, 0.15) is 26.7 Å². The lowest BCUT2D eigenvalue weighted by molar-refractivity contribution is -0.384. The highest BCUT2D eigenvalue weighted by Gasteiger charge is 2.30. The van der Waals surface area contributed by atoms with Crippen LogP contribution in [0.2, 0.25) is 0 Å². The van der Waals surface area contributed by atoms with Gasteiger partial charge in [-0.25, -0.2) is 8.42 Å². The molecule has 2 rings (SSSR count). The fourth-order valence-corrected chi connectivity index (χ4v) is 4.09. The molecule has 0 spiro atoms. The van der Waals surface area contributed by atoms with Gasteiger partial charge in [0.15, 0.2) is 0 Å². The second kappa shape index (κ2) is 7.45. The van der Waals surface area contributed by atoms with Crippen LogP contribution in [0.15, 0.2) is 23.1 Å². The summed E-state index contributed by atoms with van der Waals surface area (Å²) in [7, 11) is -3.74. The van der Waals surface area contributed by atoms with Gasteiger partial charge in [-0.2, -0.15) is 4.31 Å². The van der Waals surface area contributed by atoms with Crippen LogP contribution in [0.25, 0.3) is 0 Å². The third kappa shape index (κ3) is 4.22. The monoisotopic (exact) mass is 357 g/mol. The maximum atomic E-state index is 12.7. The van der Waals surface area contributed by atoms with E-state index in [9.17, 15) is 23.6 Å². The zero-order chi connectivity index (χ0) is 17.9. The molecular formula is C15H23N3O5S. The Labute approximate surface area is 141 Å². The third-order valence-corrected chi connectivity index (χ3v) is 6.03. The maximum Gasteiger partial charge on any atom is 0.293 e. The molecule has 8 nitrogen and oxygen atoms in total. The van der Waals surface area contributed by atoms with E-state index in [1.54, 1.807) is 6.92 Å². The molecule has 1 aromatic rings. The summed E-state index contributed by atoms with van der Waals surface area (Å²) in [6.07, 6.45) is 0.897. The maximum absolute atomic E-state index is 12.7. The molecule has 1 aliphatic heterocycles. The van der Waals surface area contributed by atoms with Crippen molar-refractivity contribution in [3.05, 3.63) is 28.3 Å². The molecule has 1 aromatic carbocycles. The van der Waals surface area contributed by atoms with Gasteiger partial charge >= 0.3 is 0 Å². The lowest BCUT2D eigenvalue weighted by atomic mass is 10.0. The molecule has 2 N–H and O–H groups in total. The van der Waals surface area contributed by atoms with Gasteiger partial charge in [-0.15, -0.1) is 0 Å². The van der Waals surface area contributed by atoms with E-state index in [1.165, 1.54) is 16.4 Å². The minimum absolute atomic E-state index is 0.0775. The van der Waals surface area contributed by atoms with E-state index in [0.717, 1.165) is 18.9 Å². The zero-order valence-electron chi connectivity index (χ0n) is 13.8. The molecule has 1 fully saturated rings. The van der Waals surface area contributed by atoms with Crippen LogP contribution in [0.5, 0.6) is 0 Å². The average Bonchev–Trinajstić information content (AvgIpc) is 2.53. The van der Waals surface area contributed by atoms with Crippen molar-refractivity contribution in [3.8, 4) is 0 Å². The smallest absolute Gasteiger partial charge is 0.293 e. The van der Waals surface area contributed by atoms with E-state index < -0.39 is 21.1 Å². The first-order valence-electron chi connectivity index (χ1n) is 7.92. The topological polar surface area (TPSA) is 113 Å². The van der Waals surface area contributed by atoms with Gasteiger partial charge in [0.2, 0.25) is 10.0 Å². The highest BCUT2D eigenvalue weighted by Crippen LogP contribution is 2.30. The molecule has 0 aromatic heterocycles. The highest BCUT2D eigenvalue weighted by molar-refractivity contribution is 7.89. The molecule has 0 saturated carbocycles. The summed E-state index contributed by atoms with van der Waals surface area (Å²) in [5.74, 6) is 0.484. The zero-order valence-corrected chi connectivity index (χ0v) is 14.6. The van der Waals surface area contributed by atoms with Gasteiger partial charge in [-0.3, -0.25) is 10.1 Å². The summed E-state index contributed by atoms with van der Waals surface area (Å²) >= 11 is 0. The first-order chi connectivity index (χ1) is 11.2. The second-order valence-corrected chi connectivity index (χ2v) is 8.19. The number of nitro benzene ring substituents is 1. The Hall–Kier alpha value is -1.71. The van der Waals surface area contributed by atoms with E-state index in [4.69, 9.17) is 0 Å². The van der Waals surface area contributed by atoms with Gasteiger partial charge in [0, 0.05) is 25.7 Å². The Bertz CT molecular complexity index is 697. The Morgan fingerprint density at radius 2 is 2.04 bits per heavy atom. The largest absolute Gasteiger partial charge is 0.392 e. The number of aliphatic hydroxyl groups is 1. The summed E-state index contributed by atoms with van der Waals surface area (Å²) in [5, 5.41) is 23.3. The second-order valence-electron chi connectivity index (χ2n) is 6.25. The number of nitrogens with zero attached hydrogens (tertiary/aromatic N) is 2. The van der Waals surface area contributed by atoms with E-state index in [0.29, 0.717) is 19.0 Å². The van der Waals surface area contributed by atoms with Crippen molar-refractivity contribution in [2.45, 2.75) is 37.7 Å². The highest BCUT2D eigenvalue weighted by atomic mass is 32.2. The van der Waals surface area contributed by atoms with Crippen LogP contribution in [-0.4, -0.2) is 48.5 Å². The van der Waals surface area contributed by atoms with Crippen molar-refractivity contribution in [1.29, 1.82) is 0 Å². The van der Waals surface area contributed by atoms with Gasteiger partial charge in [0.1, 0.15) is 5.69 Å². The third-order valence-electron chi connectivity index (χ3n) is 4.13. The number of benzene rings is 1. The van der Waals surface area contributed by atoms with Crippen molar-refractivity contribution in [2.24, 2.45) is 5.92 Å². The fourth-order valence-electron chi connectivity index (χ4n) is 2.60. The average molecular weight is 357 g/mol. The van der Waals surface area contributed by atoms with Gasteiger partial charge in [0.25, 0.3) is 5.69 Å². The standard InChI is InChI=1S/C15H23N3O5S/c1-11-5-7-17(8-6-11)24(22,23)13-3-4-14(16-10-12(2)19)15(9-13)18(20)21/h3-4,9,11-12,16,19H,5-8,10H2,1-2H3/t12-/m0/s1. The van der Waals surface area contributed by atoms with Crippen LogP contribution in [-0.2, 0) is 10.0 Å². The number of sulfonamides is 1. The summed E-state index contributed by atoms with van der Waals surface area (Å²) in [5.41, 5.74) is -0.130. The van der Waals surface area contributed by atoms with Gasteiger partial charge in [0.05, 0.1) is 15.9 Å². The first kappa shape index (κ1) is 18.6. The molecule has 1 atom stereocenters.